The second-order valence-electron chi connectivity index (χ2n) is 5.90. The average Bonchev–Trinajstić information content (AvgIpc) is 2.43. The highest BCUT2D eigenvalue weighted by molar-refractivity contribution is 5.38. The van der Waals surface area contributed by atoms with Gasteiger partial charge in [-0.25, -0.2) is 0 Å². The van der Waals surface area contributed by atoms with E-state index < -0.39 is 0 Å². The van der Waals surface area contributed by atoms with Gasteiger partial charge in [0.1, 0.15) is 0 Å². The van der Waals surface area contributed by atoms with Gasteiger partial charge >= 0.3 is 0 Å². The molecule has 0 aliphatic carbocycles. The summed E-state index contributed by atoms with van der Waals surface area (Å²) in [5, 5.41) is 0. The molecule has 0 aliphatic rings. The van der Waals surface area contributed by atoms with Crippen LogP contribution in [0.5, 0.6) is 0 Å². The Morgan fingerprint density at radius 3 is 0.650 bits per heavy atom. The number of hydrogen-bond donors (Lipinski definition) is 0. The van der Waals surface area contributed by atoms with Gasteiger partial charge in [0.05, 0.1) is 0 Å². The molecule has 0 heterocycles. The third-order valence-electron chi connectivity index (χ3n) is 4.66. The monoisotopic (exact) mass is 268 g/mol. The first-order chi connectivity index (χ1) is 9.25. The summed E-state index contributed by atoms with van der Waals surface area (Å²) in [5.74, 6) is 0. The number of aryl methyl sites for hydroxylation is 4. The Morgan fingerprint density at radius 2 is 0.500 bits per heavy atom. The Morgan fingerprint density at radius 1 is 0.350 bits per heavy atom. The predicted octanol–water partition coefficient (Wildman–Crippen LogP) is 5.84. The molecule has 0 N–H and O–H groups in total. The lowest BCUT2D eigenvalue weighted by Crippen LogP contribution is -1.88. The van der Waals surface area contributed by atoms with Crippen LogP contribution >= 0.6 is 0 Å². The van der Waals surface area contributed by atoms with E-state index in [2.05, 4.69) is 79.7 Å². The van der Waals surface area contributed by atoms with Crippen molar-refractivity contribution in [3.8, 4) is 0 Å². The minimum absolute atomic E-state index is 1.39. The fourth-order valence-corrected chi connectivity index (χ4v) is 2.18. The van der Waals surface area contributed by atoms with Gasteiger partial charge in [-0.3, -0.25) is 0 Å². The van der Waals surface area contributed by atoms with E-state index in [9.17, 15) is 0 Å². The quantitative estimate of drug-likeness (QED) is 0.563. The summed E-state index contributed by atoms with van der Waals surface area (Å²) in [5.41, 5.74) is 11.3. The van der Waals surface area contributed by atoms with Crippen molar-refractivity contribution in [1.29, 1.82) is 0 Å². The molecule has 0 spiro atoms. The van der Waals surface area contributed by atoms with Gasteiger partial charge in [-0.05, 0) is 99.9 Å². The molecule has 2 aromatic rings. The Balaban J connectivity index is 0.000000200. The Bertz CT molecular complexity index is 494. The fraction of sp³-hybridized carbons (Fsp3) is 0.400. The normalized spacial score (nSPS) is 10.0. The molecule has 108 valence electrons. The van der Waals surface area contributed by atoms with E-state index in [1.165, 1.54) is 44.5 Å². The number of benzene rings is 2. The van der Waals surface area contributed by atoms with E-state index >= 15 is 0 Å². The third kappa shape index (κ3) is 3.72. The molecule has 0 saturated carbocycles. The van der Waals surface area contributed by atoms with Crippen LogP contribution in [0.1, 0.15) is 44.5 Å². The van der Waals surface area contributed by atoms with Crippen LogP contribution in [0.2, 0.25) is 0 Å². The average molecular weight is 268 g/mol. The van der Waals surface area contributed by atoms with Crippen molar-refractivity contribution in [2.24, 2.45) is 0 Å². The van der Waals surface area contributed by atoms with Crippen molar-refractivity contribution in [2.75, 3.05) is 0 Å². The van der Waals surface area contributed by atoms with Gasteiger partial charge in [0.15, 0.2) is 0 Å². The highest BCUT2D eigenvalue weighted by atomic mass is 14.0. The summed E-state index contributed by atoms with van der Waals surface area (Å²) in [6.45, 7) is 17.3. The lowest BCUT2D eigenvalue weighted by atomic mass is 10.0. The molecule has 0 aliphatic heterocycles. The summed E-state index contributed by atoms with van der Waals surface area (Å²) >= 11 is 0. The second-order valence-corrected chi connectivity index (χ2v) is 5.90. The molecule has 0 saturated heterocycles. The highest BCUT2D eigenvalue weighted by Gasteiger charge is 1.98. The molecular weight excluding hydrogens is 240 g/mol. The number of hydrogen-bond acceptors (Lipinski definition) is 0. The second kappa shape index (κ2) is 6.74. The lowest BCUT2D eigenvalue weighted by Gasteiger charge is -2.06. The molecule has 0 atom stereocenters. The molecule has 0 fully saturated rings. The first-order valence-corrected chi connectivity index (χ1v) is 7.32. The molecule has 0 bridgehead atoms. The Hall–Kier alpha value is -1.56. The van der Waals surface area contributed by atoms with Gasteiger partial charge in [0.2, 0.25) is 0 Å². The minimum atomic E-state index is 1.39. The number of rotatable bonds is 0. The van der Waals surface area contributed by atoms with Gasteiger partial charge in [0, 0.05) is 0 Å². The van der Waals surface area contributed by atoms with E-state index in [1.807, 2.05) is 0 Å². The lowest BCUT2D eigenvalue weighted by molar-refractivity contribution is 1.22. The molecule has 2 aromatic carbocycles. The molecule has 0 amide bonds. The molecule has 0 nitrogen and oxygen atoms in total. The minimum Gasteiger partial charge on any atom is -0.0588 e. The largest absolute Gasteiger partial charge is 0.0588 e. The van der Waals surface area contributed by atoms with Crippen LogP contribution in [-0.2, 0) is 0 Å². The predicted molar refractivity (Wildman–Crippen MR) is 90.8 cm³/mol. The summed E-state index contributed by atoms with van der Waals surface area (Å²) in [6.07, 6.45) is 0. The highest BCUT2D eigenvalue weighted by Crippen LogP contribution is 2.16. The van der Waals surface area contributed by atoms with Crippen LogP contribution in [0.25, 0.3) is 0 Å². The van der Waals surface area contributed by atoms with Gasteiger partial charge in [-0.2, -0.15) is 0 Å². The van der Waals surface area contributed by atoms with Crippen molar-refractivity contribution >= 4 is 0 Å². The van der Waals surface area contributed by atoms with Crippen LogP contribution in [0.15, 0.2) is 24.3 Å². The van der Waals surface area contributed by atoms with E-state index in [0.717, 1.165) is 0 Å². The van der Waals surface area contributed by atoms with Crippen molar-refractivity contribution in [2.45, 2.75) is 55.4 Å². The van der Waals surface area contributed by atoms with Gasteiger partial charge < -0.3 is 0 Å². The molecule has 0 unspecified atom stereocenters. The van der Waals surface area contributed by atoms with E-state index in [4.69, 9.17) is 0 Å². The Kier molecular flexibility index (Phi) is 5.56. The van der Waals surface area contributed by atoms with Gasteiger partial charge in [-0.15, -0.1) is 0 Å². The van der Waals surface area contributed by atoms with Gasteiger partial charge in [-0.1, -0.05) is 24.3 Å². The molecule has 0 heteroatoms. The molecule has 20 heavy (non-hydrogen) atoms. The van der Waals surface area contributed by atoms with Crippen molar-refractivity contribution in [3.63, 3.8) is 0 Å². The smallest absolute Gasteiger partial charge is 0.0392 e. The summed E-state index contributed by atoms with van der Waals surface area (Å²) in [4.78, 5) is 0. The summed E-state index contributed by atoms with van der Waals surface area (Å²) in [6, 6.07) is 8.71. The van der Waals surface area contributed by atoms with E-state index in [-0.39, 0.29) is 0 Å². The maximum Gasteiger partial charge on any atom is -0.0392 e. The third-order valence-corrected chi connectivity index (χ3v) is 4.66. The van der Waals surface area contributed by atoms with Crippen LogP contribution < -0.4 is 0 Å². The molecular formula is C20H28. The standard InChI is InChI=1S/2C10H14/c2*1-7-5-6-8(2)10(4)9(7)3/h2*5-6H,1-4H3. The SMILES string of the molecule is Cc1ccc(C)c(C)c1C.Cc1ccc(C)c(C)c1C. The maximum absolute atomic E-state index is 2.18. The van der Waals surface area contributed by atoms with Crippen LogP contribution in [-0.4, -0.2) is 0 Å². The summed E-state index contributed by atoms with van der Waals surface area (Å²) in [7, 11) is 0. The summed E-state index contributed by atoms with van der Waals surface area (Å²) < 4.78 is 0. The zero-order chi connectivity index (χ0) is 15.4. The first kappa shape index (κ1) is 16.5. The first-order valence-electron chi connectivity index (χ1n) is 7.32. The van der Waals surface area contributed by atoms with Crippen LogP contribution in [0.3, 0.4) is 0 Å². The van der Waals surface area contributed by atoms with Crippen molar-refractivity contribution in [1.82, 2.24) is 0 Å². The van der Waals surface area contributed by atoms with Gasteiger partial charge in [0.25, 0.3) is 0 Å². The topological polar surface area (TPSA) is 0 Å². The zero-order valence-corrected chi connectivity index (χ0v) is 14.3. The Labute approximate surface area is 124 Å². The fourth-order valence-electron chi connectivity index (χ4n) is 2.18. The maximum atomic E-state index is 2.18. The zero-order valence-electron chi connectivity index (χ0n) is 14.3. The molecule has 2 rings (SSSR count). The van der Waals surface area contributed by atoms with Crippen molar-refractivity contribution in [3.05, 3.63) is 68.8 Å². The van der Waals surface area contributed by atoms with E-state index in [1.54, 1.807) is 0 Å². The van der Waals surface area contributed by atoms with Crippen LogP contribution in [0, 0.1) is 55.4 Å². The van der Waals surface area contributed by atoms with Crippen LogP contribution in [0.4, 0.5) is 0 Å². The molecule has 0 radical (unpaired) electrons. The van der Waals surface area contributed by atoms with Crippen molar-refractivity contribution < 1.29 is 0 Å². The molecule has 0 aromatic heterocycles. The van der Waals surface area contributed by atoms with E-state index in [0.29, 0.717) is 0 Å².